The predicted octanol–water partition coefficient (Wildman–Crippen LogP) is 8.84. The van der Waals surface area contributed by atoms with E-state index in [0.717, 1.165) is 5.56 Å². The van der Waals surface area contributed by atoms with Crippen molar-refractivity contribution in [2.24, 2.45) is 5.41 Å². The van der Waals surface area contributed by atoms with Gasteiger partial charge in [-0.2, -0.15) is 4.72 Å². The molecule has 254 valence electrons. The maximum absolute atomic E-state index is 16.1. The van der Waals surface area contributed by atoms with E-state index in [-0.39, 0.29) is 0 Å². The van der Waals surface area contributed by atoms with Crippen LogP contribution in [0.4, 0.5) is 49.6 Å². The summed E-state index contributed by atoms with van der Waals surface area (Å²) < 4.78 is 163. The first-order valence-corrected chi connectivity index (χ1v) is 17.5. The number of anilines is 1. The molecule has 0 radical (unpaired) electrons. The van der Waals surface area contributed by atoms with E-state index in [4.69, 9.17) is 4.10 Å². The van der Waals surface area contributed by atoms with Gasteiger partial charge in [-0.25, -0.2) is 43.9 Å². The van der Waals surface area contributed by atoms with Crippen molar-refractivity contribution in [2.45, 2.75) is 41.5 Å². The van der Waals surface area contributed by atoms with Gasteiger partial charge >= 0.3 is 0 Å². The first-order valence-electron chi connectivity index (χ1n) is 14.4. The van der Waals surface area contributed by atoms with Crippen LogP contribution >= 0.6 is 7.12 Å². The van der Waals surface area contributed by atoms with E-state index in [9.17, 15) is 8.78 Å². The second-order valence-electron chi connectivity index (χ2n) is 12.5. The van der Waals surface area contributed by atoms with Crippen LogP contribution in [0.25, 0.3) is 0 Å². The molecule has 4 aromatic rings. The van der Waals surface area contributed by atoms with Gasteiger partial charge in [-0.1, -0.05) is 67.6 Å². The number of benzene rings is 4. The third-order valence-corrected chi connectivity index (χ3v) is 13.7. The second-order valence-corrected chi connectivity index (χ2v) is 17.1. The van der Waals surface area contributed by atoms with Gasteiger partial charge in [-0.3, -0.25) is 0 Å². The van der Waals surface area contributed by atoms with Crippen LogP contribution in [0, 0.1) is 84.4 Å². The maximum Gasteiger partial charge on any atom is 0.280 e. The third kappa shape index (κ3) is 5.79. The average Bonchev–Trinajstić information content (AvgIpc) is 3.28. The molecule has 1 N–H and O–H groups in total. The lowest BCUT2D eigenvalue weighted by Gasteiger charge is -2.36. The molecule has 0 aromatic heterocycles. The molecule has 0 aliphatic carbocycles. The van der Waals surface area contributed by atoms with Gasteiger partial charge in [0.25, 0.3) is 6.35 Å². The Balaban J connectivity index is 2.08. The summed E-state index contributed by atoms with van der Waals surface area (Å²) in [5, 5.41) is 0.0418. The summed E-state index contributed by atoms with van der Waals surface area (Å²) in [7, 11) is -4.28. The Labute approximate surface area is 274 Å². The van der Waals surface area contributed by atoms with Crippen LogP contribution in [0.5, 0.6) is 0 Å². The van der Waals surface area contributed by atoms with Crippen LogP contribution in [0.2, 0.25) is 0 Å². The van der Waals surface area contributed by atoms with Gasteiger partial charge in [-0.15, -0.1) is 11.3 Å². The number of aryl methyl sites for hydroxylation is 3. The number of hydrogen-bond acceptors (Lipinski definition) is 2. The van der Waals surface area contributed by atoms with E-state index >= 15 is 35.1 Å². The molecule has 1 saturated heterocycles. The normalized spacial score (nSPS) is 18.5. The van der Waals surface area contributed by atoms with E-state index < -0.39 is 104 Å². The van der Waals surface area contributed by atoms with Crippen molar-refractivity contribution >= 4 is 46.4 Å². The molecule has 15 heteroatoms. The fourth-order valence-electron chi connectivity index (χ4n) is 5.98. The predicted molar refractivity (Wildman–Crippen MR) is 171 cm³/mol. The SMILES string of the molecule is Cc1cc(C)c(P2/C(=C\C(C)(C)C)[B-](c3c(F)c(F)c(F)c(F)c3F)(c3c(F)c(F)c(F)c(F)c3F)O[S+]2Nc2ccccc2)c(C)c1. The Morgan fingerprint density at radius 3 is 1.44 bits per heavy atom. The standard InChI is InChI=1S/C33H27BF10NOPS/c1-15-12-16(2)32(17(3)13-15)47-19(14-33(4,5)6)34(46-48(47)45-18-10-8-7-9-11-18,20-22(35)26(39)30(43)27(40)23(20)36)21-24(37)28(41)31(44)29(42)25(21)38/h7-14,45H,1-6H3/b19-14-. The topological polar surface area (TPSA) is 21.3 Å². The minimum Gasteiger partial charge on any atom is -0.351 e. The number of rotatable bonds is 5. The van der Waals surface area contributed by atoms with E-state index in [1.54, 1.807) is 84.0 Å². The van der Waals surface area contributed by atoms with Crippen molar-refractivity contribution in [3.05, 3.63) is 129 Å². The molecule has 1 heterocycles. The van der Waals surface area contributed by atoms with Gasteiger partial charge in [-0.05, 0) is 49.4 Å². The summed E-state index contributed by atoms with van der Waals surface area (Å²) in [5.74, 6) is -25.4. The summed E-state index contributed by atoms with van der Waals surface area (Å²) in [6, 6.07) is 11.4. The van der Waals surface area contributed by atoms with Crippen molar-refractivity contribution in [1.82, 2.24) is 0 Å². The van der Waals surface area contributed by atoms with Crippen LogP contribution in [0.15, 0.2) is 53.8 Å². The largest absolute Gasteiger partial charge is 0.351 e. The molecule has 48 heavy (non-hydrogen) atoms. The zero-order chi connectivity index (χ0) is 35.6. The van der Waals surface area contributed by atoms with Gasteiger partial charge in [0.05, 0.1) is 5.69 Å². The molecule has 2 atom stereocenters. The monoisotopic (exact) mass is 717 g/mol. The number of para-hydroxylation sites is 1. The highest BCUT2D eigenvalue weighted by atomic mass is 32.8. The molecular weight excluding hydrogens is 690 g/mol. The first kappa shape index (κ1) is 35.8. The van der Waals surface area contributed by atoms with Crippen LogP contribution < -0.4 is 21.0 Å². The molecular formula is C33H27BF10NOPS. The molecule has 0 bridgehead atoms. The molecule has 0 amide bonds. The molecule has 5 rings (SSSR count). The zero-order valence-electron chi connectivity index (χ0n) is 26.2. The third-order valence-electron chi connectivity index (χ3n) is 7.75. The van der Waals surface area contributed by atoms with Gasteiger partial charge in [0, 0.05) is 5.30 Å². The summed E-state index contributed by atoms with van der Waals surface area (Å²) in [5.41, 5.74) is -2.59. The van der Waals surface area contributed by atoms with Crippen LogP contribution in [-0.4, -0.2) is 6.35 Å². The summed E-state index contributed by atoms with van der Waals surface area (Å²) in [6.45, 7) is 9.86. The van der Waals surface area contributed by atoms with Gasteiger partial charge < -0.3 is 4.10 Å². The number of nitrogens with one attached hydrogen (secondary N) is 1. The van der Waals surface area contributed by atoms with Gasteiger partial charge in [0.15, 0.2) is 34.9 Å². The number of hydrogen-bond donors (Lipinski definition) is 1. The van der Waals surface area contributed by atoms with E-state index in [2.05, 4.69) is 4.72 Å². The van der Waals surface area contributed by atoms with Crippen LogP contribution in [-0.2, 0) is 15.1 Å². The van der Waals surface area contributed by atoms with Gasteiger partial charge in [0.1, 0.15) is 23.3 Å². The van der Waals surface area contributed by atoms with E-state index in [0.29, 0.717) is 22.1 Å². The summed E-state index contributed by atoms with van der Waals surface area (Å²) >= 11 is 0. The van der Waals surface area contributed by atoms with Crippen molar-refractivity contribution in [2.75, 3.05) is 4.72 Å². The zero-order valence-corrected chi connectivity index (χ0v) is 28.0. The molecule has 1 aliphatic rings. The molecule has 2 nitrogen and oxygen atoms in total. The highest BCUT2D eigenvalue weighted by Gasteiger charge is 2.63. The highest BCUT2D eigenvalue weighted by Crippen LogP contribution is 2.64. The minimum absolute atomic E-state index is 0.312. The Kier molecular flexibility index (Phi) is 9.53. The van der Waals surface area contributed by atoms with Crippen molar-refractivity contribution in [3.8, 4) is 0 Å². The van der Waals surface area contributed by atoms with Crippen LogP contribution in [0.1, 0.15) is 37.5 Å². The van der Waals surface area contributed by atoms with Crippen molar-refractivity contribution in [1.29, 1.82) is 0 Å². The van der Waals surface area contributed by atoms with E-state index in [1.807, 2.05) is 0 Å². The fourth-order valence-corrected chi connectivity index (χ4v) is 13.5. The lowest BCUT2D eigenvalue weighted by molar-refractivity contribution is 0.379. The number of allylic oxidation sites excluding steroid dienone is 1. The summed E-state index contributed by atoms with van der Waals surface area (Å²) in [4.78, 5) is 0. The Morgan fingerprint density at radius 1 is 0.646 bits per heavy atom. The molecule has 2 unspecified atom stereocenters. The molecule has 1 fully saturated rings. The lowest BCUT2D eigenvalue weighted by atomic mass is 9.31. The second kappa shape index (κ2) is 12.8. The Morgan fingerprint density at radius 2 is 1.04 bits per heavy atom. The summed E-state index contributed by atoms with van der Waals surface area (Å²) in [6.07, 6.45) is -3.36. The molecule has 0 spiro atoms. The fraction of sp³-hybridized carbons (Fsp3) is 0.212. The quantitative estimate of drug-likeness (QED) is 0.0557. The van der Waals surface area contributed by atoms with Crippen molar-refractivity contribution in [3.63, 3.8) is 0 Å². The maximum atomic E-state index is 16.1. The highest BCUT2D eigenvalue weighted by molar-refractivity contribution is 8.56. The average molecular weight is 717 g/mol. The van der Waals surface area contributed by atoms with Gasteiger partial charge in [0.2, 0.25) is 18.1 Å². The van der Waals surface area contributed by atoms with Crippen molar-refractivity contribution < 1.29 is 48.0 Å². The molecule has 1 aliphatic heterocycles. The Bertz CT molecular complexity index is 1840. The minimum atomic E-state index is -4.65. The molecule has 0 saturated carbocycles. The lowest BCUT2D eigenvalue weighted by Crippen LogP contribution is -2.65. The smallest absolute Gasteiger partial charge is 0.280 e. The van der Waals surface area contributed by atoms with E-state index in [1.165, 1.54) is 6.08 Å². The number of halogens is 10. The van der Waals surface area contributed by atoms with Crippen LogP contribution in [0.3, 0.4) is 0 Å². The molecule has 4 aromatic carbocycles. The first-order chi connectivity index (χ1) is 22.3. The Hall–Kier alpha value is -3.48.